The summed E-state index contributed by atoms with van der Waals surface area (Å²) in [5, 5.41) is 0. The molecule has 0 spiro atoms. The zero-order valence-corrected chi connectivity index (χ0v) is 14.7. The van der Waals surface area contributed by atoms with Gasteiger partial charge in [-0.15, -0.1) is 0 Å². The van der Waals surface area contributed by atoms with Gasteiger partial charge in [0.05, 0.1) is 0 Å². The van der Waals surface area contributed by atoms with E-state index in [9.17, 15) is 4.79 Å². The Kier molecular flexibility index (Phi) is 5.30. The van der Waals surface area contributed by atoms with Crippen molar-refractivity contribution in [2.24, 2.45) is 0 Å². The molecule has 2 heteroatoms. The van der Waals surface area contributed by atoms with Crippen molar-refractivity contribution >= 4 is 5.91 Å². The molecule has 126 valence electrons. The summed E-state index contributed by atoms with van der Waals surface area (Å²) < 4.78 is 0. The minimum absolute atomic E-state index is 0.0527. The van der Waals surface area contributed by atoms with Gasteiger partial charge in [0.1, 0.15) is 0 Å². The van der Waals surface area contributed by atoms with Crippen molar-refractivity contribution in [3.8, 4) is 0 Å². The Morgan fingerprint density at radius 3 is 1.76 bits per heavy atom. The fraction of sp³-hybridized carbons (Fsp3) is 0.174. The van der Waals surface area contributed by atoms with Crippen molar-refractivity contribution in [2.75, 3.05) is 13.6 Å². The van der Waals surface area contributed by atoms with E-state index in [4.69, 9.17) is 0 Å². The van der Waals surface area contributed by atoms with Crippen molar-refractivity contribution in [2.45, 2.75) is 12.8 Å². The summed E-state index contributed by atoms with van der Waals surface area (Å²) in [6.07, 6.45) is 0. The number of hydrogen-bond donors (Lipinski definition) is 0. The number of hydrogen-bond acceptors (Lipinski definition) is 1. The van der Waals surface area contributed by atoms with E-state index in [1.807, 2.05) is 79.5 Å². The lowest BCUT2D eigenvalue weighted by atomic mass is 9.91. The smallest absolute Gasteiger partial charge is 0.253 e. The second-order valence-electron chi connectivity index (χ2n) is 6.43. The third kappa shape index (κ3) is 4.16. The van der Waals surface area contributed by atoms with Crippen LogP contribution in [0.2, 0.25) is 0 Å². The minimum Gasteiger partial charge on any atom is -0.341 e. The topological polar surface area (TPSA) is 20.3 Å². The van der Waals surface area contributed by atoms with Crippen LogP contribution < -0.4 is 0 Å². The number of amides is 1. The van der Waals surface area contributed by atoms with Gasteiger partial charge in [0.25, 0.3) is 5.91 Å². The number of aryl methyl sites for hydroxylation is 1. The highest BCUT2D eigenvalue weighted by molar-refractivity contribution is 5.94. The van der Waals surface area contributed by atoms with E-state index < -0.39 is 0 Å². The SMILES string of the molecule is Cc1ccc(C(=O)N(C)CC(c2ccccc2)c2ccccc2)cc1. The molecule has 0 aliphatic rings. The van der Waals surface area contributed by atoms with Crippen LogP contribution in [0.15, 0.2) is 84.9 Å². The Morgan fingerprint density at radius 1 is 0.800 bits per heavy atom. The van der Waals surface area contributed by atoms with Crippen LogP contribution >= 0.6 is 0 Å². The third-order valence-corrected chi connectivity index (χ3v) is 4.51. The first-order chi connectivity index (χ1) is 12.1. The molecular weight excluding hydrogens is 306 g/mol. The molecule has 2 nitrogen and oxygen atoms in total. The minimum atomic E-state index is 0.0527. The summed E-state index contributed by atoms with van der Waals surface area (Å²) in [5.74, 6) is 0.207. The van der Waals surface area contributed by atoms with E-state index in [-0.39, 0.29) is 11.8 Å². The molecule has 1 amide bonds. The highest BCUT2D eigenvalue weighted by Crippen LogP contribution is 2.25. The van der Waals surface area contributed by atoms with Crippen molar-refractivity contribution in [3.05, 3.63) is 107 Å². The fourth-order valence-corrected chi connectivity index (χ4v) is 3.05. The standard InChI is InChI=1S/C23H23NO/c1-18-13-15-21(16-14-18)23(25)24(2)17-22(19-9-5-3-6-10-19)20-11-7-4-8-12-20/h3-16,22H,17H2,1-2H3. The van der Waals surface area contributed by atoms with E-state index >= 15 is 0 Å². The third-order valence-electron chi connectivity index (χ3n) is 4.51. The molecule has 25 heavy (non-hydrogen) atoms. The zero-order chi connectivity index (χ0) is 17.6. The van der Waals surface area contributed by atoms with Crippen molar-refractivity contribution in [1.82, 2.24) is 4.90 Å². The van der Waals surface area contributed by atoms with E-state index in [2.05, 4.69) is 24.3 Å². The summed E-state index contributed by atoms with van der Waals surface area (Å²) >= 11 is 0. The summed E-state index contributed by atoms with van der Waals surface area (Å²) in [4.78, 5) is 14.6. The largest absolute Gasteiger partial charge is 0.341 e. The van der Waals surface area contributed by atoms with E-state index in [0.29, 0.717) is 6.54 Å². The maximum Gasteiger partial charge on any atom is 0.253 e. The lowest BCUT2D eigenvalue weighted by Gasteiger charge is -2.25. The Bertz CT molecular complexity index is 770. The van der Waals surface area contributed by atoms with E-state index in [1.54, 1.807) is 0 Å². The van der Waals surface area contributed by atoms with Gasteiger partial charge < -0.3 is 4.90 Å². The van der Waals surface area contributed by atoms with Crippen molar-refractivity contribution < 1.29 is 4.79 Å². The second kappa shape index (κ2) is 7.80. The Hall–Kier alpha value is -2.87. The van der Waals surface area contributed by atoms with Gasteiger partial charge in [0.2, 0.25) is 0 Å². The molecular formula is C23H23NO. The maximum absolute atomic E-state index is 12.8. The summed E-state index contributed by atoms with van der Waals surface area (Å²) in [6, 6.07) is 28.5. The lowest BCUT2D eigenvalue weighted by molar-refractivity contribution is 0.0791. The molecule has 0 aliphatic heterocycles. The number of carbonyl (C=O) groups excluding carboxylic acids is 1. The van der Waals surface area contributed by atoms with Crippen LogP contribution in [0, 0.1) is 6.92 Å². The second-order valence-corrected chi connectivity index (χ2v) is 6.43. The first kappa shape index (κ1) is 17.0. The highest BCUT2D eigenvalue weighted by Gasteiger charge is 2.20. The van der Waals surface area contributed by atoms with Crippen LogP contribution in [-0.2, 0) is 0 Å². The average molecular weight is 329 g/mol. The van der Waals surface area contributed by atoms with Crippen LogP contribution in [0.3, 0.4) is 0 Å². The molecule has 0 saturated carbocycles. The normalized spacial score (nSPS) is 10.7. The molecule has 3 rings (SSSR count). The number of benzene rings is 3. The van der Waals surface area contributed by atoms with Crippen LogP contribution in [0.4, 0.5) is 0 Å². The summed E-state index contributed by atoms with van der Waals surface area (Å²) in [5.41, 5.74) is 4.33. The molecule has 3 aromatic rings. The Morgan fingerprint density at radius 2 is 1.28 bits per heavy atom. The molecule has 3 aromatic carbocycles. The van der Waals surface area contributed by atoms with Crippen molar-refractivity contribution in [3.63, 3.8) is 0 Å². The van der Waals surface area contributed by atoms with Gasteiger partial charge in [-0.2, -0.15) is 0 Å². The molecule has 0 bridgehead atoms. The molecule has 0 aromatic heterocycles. The van der Waals surface area contributed by atoms with Crippen LogP contribution in [0.1, 0.15) is 33.0 Å². The lowest BCUT2D eigenvalue weighted by Crippen LogP contribution is -2.31. The Labute approximate surface area is 149 Å². The van der Waals surface area contributed by atoms with Gasteiger partial charge in [0.15, 0.2) is 0 Å². The molecule has 0 unspecified atom stereocenters. The predicted molar refractivity (Wildman–Crippen MR) is 103 cm³/mol. The van der Waals surface area contributed by atoms with Gasteiger partial charge in [-0.3, -0.25) is 4.79 Å². The molecule has 0 aliphatic carbocycles. The van der Waals surface area contributed by atoms with E-state index in [0.717, 1.165) is 11.1 Å². The monoisotopic (exact) mass is 329 g/mol. The van der Waals surface area contributed by atoms with Crippen molar-refractivity contribution in [1.29, 1.82) is 0 Å². The molecule has 0 heterocycles. The quantitative estimate of drug-likeness (QED) is 0.652. The Balaban J connectivity index is 1.85. The van der Waals surface area contributed by atoms with Gasteiger partial charge >= 0.3 is 0 Å². The number of nitrogens with zero attached hydrogens (tertiary/aromatic N) is 1. The van der Waals surface area contributed by atoms with Gasteiger partial charge in [-0.1, -0.05) is 78.4 Å². The predicted octanol–water partition coefficient (Wildman–Crippen LogP) is 4.90. The number of likely N-dealkylation sites (N-methyl/N-ethyl adjacent to an activating group) is 1. The van der Waals surface area contributed by atoms with E-state index in [1.165, 1.54) is 11.1 Å². The highest BCUT2D eigenvalue weighted by atomic mass is 16.2. The van der Waals surface area contributed by atoms with Gasteiger partial charge in [-0.05, 0) is 30.2 Å². The summed E-state index contributed by atoms with van der Waals surface area (Å²) in [7, 11) is 1.88. The van der Waals surface area contributed by atoms with Crippen LogP contribution in [0.25, 0.3) is 0 Å². The zero-order valence-electron chi connectivity index (χ0n) is 14.7. The molecule has 0 N–H and O–H groups in total. The molecule has 0 fully saturated rings. The first-order valence-electron chi connectivity index (χ1n) is 8.57. The molecule has 0 radical (unpaired) electrons. The van der Waals surface area contributed by atoms with Gasteiger partial charge in [-0.25, -0.2) is 0 Å². The van der Waals surface area contributed by atoms with Crippen LogP contribution in [-0.4, -0.2) is 24.4 Å². The average Bonchev–Trinajstić information content (AvgIpc) is 2.67. The summed E-state index contributed by atoms with van der Waals surface area (Å²) in [6.45, 7) is 2.67. The number of carbonyl (C=O) groups is 1. The van der Waals surface area contributed by atoms with Gasteiger partial charge in [0, 0.05) is 25.1 Å². The molecule has 0 atom stereocenters. The maximum atomic E-state index is 12.8. The molecule has 0 saturated heterocycles. The first-order valence-corrected chi connectivity index (χ1v) is 8.57. The number of rotatable bonds is 5. The fourth-order valence-electron chi connectivity index (χ4n) is 3.05. The van der Waals surface area contributed by atoms with Crippen LogP contribution in [0.5, 0.6) is 0 Å².